The van der Waals surface area contributed by atoms with Crippen molar-refractivity contribution in [2.24, 2.45) is 5.92 Å². The van der Waals surface area contributed by atoms with Gasteiger partial charge in [0.2, 0.25) is 5.91 Å². The molecule has 5 nitrogen and oxygen atoms in total. The molecule has 0 aliphatic carbocycles. The molecule has 1 fully saturated rings. The van der Waals surface area contributed by atoms with Crippen LogP contribution >= 0.6 is 0 Å². The van der Waals surface area contributed by atoms with Gasteiger partial charge in [-0.1, -0.05) is 60.7 Å². The van der Waals surface area contributed by atoms with Gasteiger partial charge in [-0.25, -0.2) is 0 Å². The van der Waals surface area contributed by atoms with Crippen molar-refractivity contribution in [1.29, 1.82) is 0 Å². The Kier molecular flexibility index (Phi) is 5.98. The molecule has 30 heavy (non-hydrogen) atoms. The van der Waals surface area contributed by atoms with Gasteiger partial charge < -0.3 is 15.0 Å². The number of likely N-dealkylation sites (tertiary alicyclic amines) is 1. The predicted octanol–water partition coefficient (Wildman–Crippen LogP) is 4.02. The number of fused-ring (bicyclic) bond motifs is 1. The van der Waals surface area contributed by atoms with Crippen LogP contribution in [0.4, 0.5) is 0 Å². The van der Waals surface area contributed by atoms with Crippen LogP contribution in [0.5, 0.6) is 5.75 Å². The number of benzene rings is 3. The van der Waals surface area contributed by atoms with Crippen molar-refractivity contribution in [3.8, 4) is 5.75 Å². The lowest BCUT2D eigenvalue weighted by molar-refractivity contribution is -0.128. The normalized spacial score (nSPS) is 16.1. The highest BCUT2D eigenvalue weighted by Crippen LogP contribution is 2.28. The lowest BCUT2D eigenvalue weighted by Crippen LogP contribution is -2.31. The van der Waals surface area contributed by atoms with Gasteiger partial charge in [0.25, 0.3) is 5.91 Å². The summed E-state index contributed by atoms with van der Waals surface area (Å²) < 4.78 is 5.72. The number of amides is 2. The van der Waals surface area contributed by atoms with E-state index in [1.807, 2.05) is 78.6 Å². The predicted molar refractivity (Wildman–Crippen MR) is 117 cm³/mol. The third-order valence-corrected chi connectivity index (χ3v) is 5.48. The first-order chi connectivity index (χ1) is 14.7. The molecule has 4 rings (SSSR count). The van der Waals surface area contributed by atoms with E-state index >= 15 is 0 Å². The van der Waals surface area contributed by atoms with Crippen molar-refractivity contribution >= 4 is 22.6 Å². The molecule has 1 saturated heterocycles. The molecule has 1 heterocycles. The quantitative estimate of drug-likeness (QED) is 0.649. The topological polar surface area (TPSA) is 58.6 Å². The Morgan fingerprint density at radius 3 is 2.63 bits per heavy atom. The van der Waals surface area contributed by atoms with Gasteiger partial charge in [-0.05, 0) is 29.3 Å². The molecular formula is C25H26N2O3. The van der Waals surface area contributed by atoms with Crippen LogP contribution in [-0.4, -0.2) is 36.4 Å². The maximum Gasteiger partial charge on any atom is 0.255 e. The van der Waals surface area contributed by atoms with Crippen molar-refractivity contribution in [3.05, 3.63) is 77.9 Å². The fraction of sp³-hybridized carbons (Fsp3) is 0.280. The van der Waals surface area contributed by atoms with Gasteiger partial charge >= 0.3 is 0 Å². The van der Waals surface area contributed by atoms with E-state index in [4.69, 9.17) is 4.74 Å². The van der Waals surface area contributed by atoms with Gasteiger partial charge in [0, 0.05) is 32.0 Å². The second-order valence-electron chi connectivity index (χ2n) is 7.63. The summed E-state index contributed by atoms with van der Waals surface area (Å²) in [5, 5.41) is 4.91. The largest absolute Gasteiger partial charge is 0.493 e. The first-order valence-corrected chi connectivity index (χ1v) is 10.4. The van der Waals surface area contributed by atoms with E-state index in [1.165, 1.54) is 0 Å². The van der Waals surface area contributed by atoms with Crippen LogP contribution in [0.25, 0.3) is 10.8 Å². The minimum atomic E-state index is -0.163. The fourth-order valence-corrected chi connectivity index (χ4v) is 4.03. The number of carbonyl (C=O) groups is 2. The van der Waals surface area contributed by atoms with Crippen LogP contribution < -0.4 is 10.1 Å². The molecule has 1 aliphatic heterocycles. The van der Waals surface area contributed by atoms with Gasteiger partial charge in [-0.15, -0.1) is 0 Å². The highest BCUT2D eigenvalue weighted by Gasteiger charge is 2.30. The average Bonchev–Trinajstić information content (AvgIpc) is 3.12. The van der Waals surface area contributed by atoms with Gasteiger partial charge in [0.1, 0.15) is 5.75 Å². The molecular weight excluding hydrogens is 376 g/mol. The molecule has 3 aromatic rings. The summed E-state index contributed by atoms with van der Waals surface area (Å²) >= 11 is 0. The molecule has 1 atom stereocenters. The molecule has 0 saturated carbocycles. The monoisotopic (exact) mass is 402 g/mol. The summed E-state index contributed by atoms with van der Waals surface area (Å²) in [5.74, 6) is 0.667. The zero-order valence-corrected chi connectivity index (χ0v) is 17.1. The number of rotatable bonds is 7. The van der Waals surface area contributed by atoms with E-state index in [2.05, 4.69) is 5.32 Å². The summed E-state index contributed by atoms with van der Waals surface area (Å²) in [6.45, 7) is 4.13. The SMILES string of the molecule is CCOc1ccc2ccccc2c1C(=O)NCC1CC(=O)N(Cc2ccccc2)C1. The summed E-state index contributed by atoms with van der Waals surface area (Å²) in [6, 6.07) is 21.6. The first kappa shape index (κ1) is 20.0. The van der Waals surface area contributed by atoms with Gasteiger partial charge in [0.05, 0.1) is 12.2 Å². The molecule has 154 valence electrons. The lowest BCUT2D eigenvalue weighted by atomic mass is 10.0. The second-order valence-corrected chi connectivity index (χ2v) is 7.63. The number of carbonyl (C=O) groups excluding carboxylic acids is 2. The number of nitrogens with zero attached hydrogens (tertiary/aromatic N) is 1. The van der Waals surface area contributed by atoms with Crippen molar-refractivity contribution < 1.29 is 14.3 Å². The highest BCUT2D eigenvalue weighted by atomic mass is 16.5. The molecule has 5 heteroatoms. The third kappa shape index (κ3) is 4.30. The number of ether oxygens (including phenoxy) is 1. The zero-order chi connectivity index (χ0) is 20.9. The van der Waals surface area contributed by atoms with E-state index in [0.29, 0.717) is 44.0 Å². The van der Waals surface area contributed by atoms with Crippen LogP contribution in [0.2, 0.25) is 0 Å². The van der Waals surface area contributed by atoms with Crippen molar-refractivity contribution in [1.82, 2.24) is 10.2 Å². The fourth-order valence-electron chi connectivity index (χ4n) is 4.03. The maximum absolute atomic E-state index is 13.1. The van der Waals surface area contributed by atoms with Crippen molar-refractivity contribution in [2.45, 2.75) is 19.9 Å². The van der Waals surface area contributed by atoms with E-state index < -0.39 is 0 Å². The summed E-state index contributed by atoms with van der Waals surface area (Å²) in [5.41, 5.74) is 1.67. The molecule has 0 aromatic heterocycles. The van der Waals surface area contributed by atoms with Gasteiger partial charge in [-0.3, -0.25) is 9.59 Å². The van der Waals surface area contributed by atoms with E-state index in [1.54, 1.807) is 0 Å². The summed E-state index contributed by atoms with van der Waals surface area (Å²) in [4.78, 5) is 27.4. The Hall–Kier alpha value is -3.34. The molecule has 1 unspecified atom stereocenters. The molecule has 1 aliphatic rings. The van der Waals surface area contributed by atoms with Gasteiger partial charge in [-0.2, -0.15) is 0 Å². The lowest BCUT2D eigenvalue weighted by Gasteiger charge is -2.17. The Labute approximate surface area is 176 Å². The van der Waals surface area contributed by atoms with Crippen LogP contribution in [0.3, 0.4) is 0 Å². The number of nitrogens with one attached hydrogen (secondary N) is 1. The maximum atomic E-state index is 13.1. The summed E-state index contributed by atoms with van der Waals surface area (Å²) in [7, 11) is 0. The molecule has 0 spiro atoms. The van der Waals surface area contributed by atoms with Crippen LogP contribution in [0.1, 0.15) is 29.3 Å². The van der Waals surface area contributed by atoms with E-state index in [-0.39, 0.29) is 17.7 Å². The Balaban J connectivity index is 1.44. The molecule has 2 amide bonds. The number of hydrogen-bond donors (Lipinski definition) is 1. The Bertz CT molecular complexity index is 1050. The Morgan fingerprint density at radius 2 is 1.83 bits per heavy atom. The first-order valence-electron chi connectivity index (χ1n) is 10.4. The highest BCUT2D eigenvalue weighted by molar-refractivity contribution is 6.09. The van der Waals surface area contributed by atoms with E-state index in [0.717, 1.165) is 16.3 Å². The van der Waals surface area contributed by atoms with Crippen LogP contribution in [-0.2, 0) is 11.3 Å². The zero-order valence-electron chi connectivity index (χ0n) is 17.1. The molecule has 1 N–H and O–H groups in total. The number of hydrogen-bond acceptors (Lipinski definition) is 3. The van der Waals surface area contributed by atoms with Gasteiger partial charge in [0.15, 0.2) is 0 Å². The van der Waals surface area contributed by atoms with Crippen molar-refractivity contribution in [2.75, 3.05) is 19.7 Å². The molecule has 0 radical (unpaired) electrons. The van der Waals surface area contributed by atoms with E-state index in [9.17, 15) is 9.59 Å². The summed E-state index contributed by atoms with van der Waals surface area (Å²) in [6.07, 6.45) is 0.459. The molecule has 0 bridgehead atoms. The minimum Gasteiger partial charge on any atom is -0.493 e. The Morgan fingerprint density at radius 1 is 1.07 bits per heavy atom. The second kappa shape index (κ2) is 8.99. The standard InChI is InChI=1S/C25H26N2O3/c1-2-30-22-13-12-20-10-6-7-11-21(20)24(22)25(29)26-15-19-14-23(28)27(17-19)16-18-8-4-3-5-9-18/h3-13,19H,2,14-17H2,1H3,(H,26,29). The van der Waals surface area contributed by atoms with Crippen LogP contribution in [0.15, 0.2) is 66.7 Å². The van der Waals surface area contributed by atoms with Crippen molar-refractivity contribution in [3.63, 3.8) is 0 Å². The van der Waals surface area contributed by atoms with Crippen LogP contribution in [0, 0.1) is 5.92 Å². The average molecular weight is 402 g/mol. The smallest absolute Gasteiger partial charge is 0.255 e. The molecule has 3 aromatic carbocycles. The third-order valence-electron chi connectivity index (χ3n) is 5.48. The minimum absolute atomic E-state index is 0.107.